The van der Waals surface area contributed by atoms with Crippen LogP contribution in [0.2, 0.25) is 0 Å². The van der Waals surface area contributed by atoms with Gasteiger partial charge in [-0.15, -0.1) is 4.91 Å². The van der Waals surface area contributed by atoms with Crippen molar-refractivity contribution in [3.8, 4) is 0 Å². The van der Waals surface area contributed by atoms with Gasteiger partial charge in [0.1, 0.15) is 0 Å². The minimum atomic E-state index is 0.0712. The van der Waals surface area contributed by atoms with Gasteiger partial charge in [-0.05, 0) is 13.8 Å². The minimum Gasteiger partial charge on any atom is -0.251 e. The standard InChI is InChI=1S/C4H8N2O/c1-4(2)3-6(4)5-7/h3H2,1-2H3. The smallest absolute Gasteiger partial charge is 0.0748 e. The molecule has 0 aromatic carbocycles. The SMILES string of the molecule is CC1(C)CN1N=O. The largest absolute Gasteiger partial charge is 0.251 e. The van der Waals surface area contributed by atoms with Crippen LogP contribution in [0.5, 0.6) is 0 Å². The molecule has 40 valence electrons. The van der Waals surface area contributed by atoms with E-state index in [1.54, 1.807) is 0 Å². The highest BCUT2D eigenvalue weighted by Gasteiger charge is 2.43. The van der Waals surface area contributed by atoms with Crippen molar-refractivity contribution >= 4 is 0 Å². The summed E-state index contributed by atoms with van der Waals surface area (Å²) in [5.41, 5.74) is 0.0712. The van der Waals surface area contributed by atoms with E-state index in [4.69, 9.17) is 0 Å². The topological polar surface area (TPSA) is 32.4 Å². The van der Waals surface area contributed by atoms with E-state index in [2.05, 4.69) is 5.29 Å². The predicted molar refractivity (Wildman–Crippen MR) is 26.6 cm³/mol. The average Bonchev–Trinajstić information content (AvgIpc) is 2.13. The van der Waals surface area contributed by atoms with Crippen LogP contribution in [0.4, 0.5) is 0 Å². The Hall–Kier alpha value is -0.600. The zero-order valence-corrected chi connectivity index (χ0v) is 4.51. The van der Waals surface area contributed by atoms with Gasteiger partial charge in [-0.25, -0.2) is 0 Å². The monoisotopic (exact) mass is 100 g/mol. The first-order valence-corrected chi connectivity index (χ1v) is 2.28. The molecule has 0 spiro atoms. The van der Waals surface area contributed by atoms with Gasteiger partial charge in [0.05, 0.1) is 17.4 Å². The first kappa shape index (κ1) is 4.56. The fraction of sp³-hybridized carbons (Fsp3) is 1.00. The van der Waals surface area contributed by atoms with Crippen LogP contribution in [0, 0.1) is 4.91 Å². The maximum absolute atomic E-state index is 9.66. The molecule has 3 nitrogen and oxygen atoms in total. The highest BCUT2D eigenvalue weighted by Crippen LogP contribution is 2.30. The van der Waals surface area contributed by atoms with Gasteiger partial charge in [-0.2, -0.15) is 0 Å². The summed E-state index contributed by atoms with van der Waals surface area (Å²) in [6, 6.07) is 0. The van der Waals surface area contributed by atoms with Crippen molar-refractivity contribution in [1.82, 2.24) is 5.01 Å². The van der Waals surface area contributed by atoms with Crippen LogP contribution in [-0.4, -0.2) is 17.1 Å². The van der Waals surface area contributed by atoms with Crippen molar-refractivity contribution in [3.05, 3.63) is 4.91 Å². The van der Waals surface area contributed by atoms with E-state index in [1.807, 2.05) is 13.8 Å². The van der Waals surface area contributed by atoms with Crippen LogP contribution in [-0.2, 0) is 0 Å². The van der Waals surface area contributed by atoms with Gasteiger partial charge in [0.25, 0.3) is 0 Å². The zero-order chi connectivity index (χ0) is 5.49. The molecule has 0 radical (unpaired) electrons. The molecule has 0 atom stereocenters. The summed E-state index contributed by atoms with van der Waals surface area (Å²) in [4.78, 5) is 9.66. The Balaban J connectivity index is 2.44. The molecule has 1 fully saturated rings. The molecule has 0 aromatic rings. The van der Waals surface area contributed by atoms with Gasteiger partial charge in [-0.3, -0.25) is 5.01 Å². The molecule has 0 aliphatic carbocycles. The normalized spacial score (nSPS) is 24.6. The summed E-state index contributed by atoms with van der Waals surface area (Å²) >= 11 is 0. The van der Waals surface area contributed by atoms with Crippen molar-refractivity contribution in [2.45, 2.75) is 19.4 Å². The summed E-state index contributed by atoms with van der Waals surface area (Å²) in [6.07, 6.45) is 0. The van der Waals surface area contributed by atoms with E-state index >= 15 is 0 Å². The third-order valence-corrected chi connectivity index (χ3v) is 1.23. The molecule has 0 N–H and O–H groups in total. The molecule has 0 aromatic heterocycles. The van der Waals surface area contributed by atoms with Crippen LogP contribution < -0.4 is 0 Å². The summed E-state index contributed by atoms with van der Waals surface area (Å²) in [5, 5.41) is 4.24. The molecule has 0 saturated carbocycles. The van der Waals surface area contributed by atoms with E-state index in [9.17, 15) is 4.91 Å². The highest BCUT2D eigenvalue weighted by molar-refractivity contribution is 4.96. The lowest BCUT2D eigenvalue weighted by Gasteiger charge is -1.92. The van der Waals surface area contributed by atoms with E-state index in [0.29, 0.717) is 0 Å². The fourth-order valence-corrected chi connectivity index (χ4v) is 0.471. The second-order valence-corrected chi connectivity index (χ2v) is 2.45. The average molecular weight is 100 g/mol. The number of hydrogen-bond donors (Lipinski definition) is 0. The first-order valence-electron chi connectivity index (χ1n) is 2.28. The summed E-state index contributed by atoms with van der Waals surface area (Å²) in [6.45, 7) is 4.78. The predicted octanol–water partition coefficient (Wildman–Crippen LogP) is 0.762. The molecule has 1 heterocycles. The van der Waals surface area contributed by atoms with Gasteiger partial charge in [0, 0.05) is 0 Å². The van der Waals surface area contributed by atoms with E-state index in [-0.39, 0.29) is 5.54 Å². The molecule has 3 heteroatoms. The molecule has 1 aliphatic heterocycles. The second kappa shape index (κ2) is 0.967. The van der Waals surface area contributed by atoms with Crippen molar-refractivity contribution in [2.24, 2.45) is 5.29 Å². The van der Waals surface area contributed by atoms with E-state index in [0.717, 1.165) is 6.54 Å². The lowest BCUT2D eigenvalue weighted by atomic mass is 10.2. The van der Waals surface area contributed by atoms with Gasteiger partial charge < -0.3 is 0 Å². The third kappa shape index (κ3) is 0.577. The maximum atomic E-state index is 9.66. The zero-order valence-electron chi connectivity index (χ0n) is 4.51. The molecule has 7 heavy (non-hydrogen) atoms. The number of rotatable bonds is 1. The van der Waals surface area contributed by atoms with Crippen molar-refractivity contribution in [3.63, 3.8) is 0 Å². The van der Waals surface area contributed by atoms with Crippen LogP contribution in [0.15, 0.2) is 5.29 Å². The van der Waals surface area contributed by atoms with Crippen LogP contribution in [0.1, 0.15) is 13.8 Å². The van der Waals surface area contributed by atoms with Gasteiger partial charge in [-0.1, -0.05) is 0 Å². The van der Waals surface area contributed by atoms with Crippen LogP contribution in [0.3, 0.4) is 0 Å². The molecule has 1 rings (SSSR count). The Labute approximate surface area is 42.3 Å². The summed E-state index contributed by atoms with van der Waals surface area (Å²) in [5.74, 6) is 0. The molecular weight excluding hydrogens is 92.1 g/mol. The Morgan fingerprint density at radius 2 is 2.14 bits per heavy atom. The molecule has 0 bridgehead atoms. The van der Waals surface area contributed by atoms with E-state index < -0.39 is 0 Å². The quantitative estimate of drug-likeness (QED) is 0.360. The third-order valence-electron chi connectivity index (χ3n) is 1.23. The lowest BCUT2D eigenvalue weighted by Crippen LogP contribution is -2.01. The van der Waals surface area contributed by atoms with Crippen molar-refractivity contribution < 1.29 is 0 Å². The summed E-state index contributed by atoms with van der Waals surface area (Å²) in [7, 11) is 0. The van der Waals surface area contributed by atoms with Crippen LogP contribution >= 0.6 is 0 Å². The Morgan fingerprint density at radius 1 is 1.71 bits per heavy atom. The van der Waals surface area contributed by atoms with E-state index in [1.165, 1.54) is 5.01 Å². The summed E-state index contributed by atoms with van der Waals surface area (Å²) < 4.78 is 0. The van der Waals surface area contributed by atoms with Gasteiger partial charge in [0.15, 0.2) is 0 Å². The minimum absolute atomic E-state index is 0.0712. The molecule has 0 unspecified atom stereocenters. The number of hydrogen-bond acceptors (Lipinski definition) is 2. The van der Waals surface area contributed by atoms with Crippen molar-refractivity contribution in [2.75, 3.05) is 6.54 Å². The highest BCUT2D eigenvalue weighted by atomic mass is 16.3. The number of nitroso groups, excluding NO2 is 1. The molecular formula is C4H8N2O. The first-order chi connectivity index (χ1) is 3.17. The van der Waals surface area contributed by atoms with Gasteiger partial charge >= 0.3 is 0 Å². The molecule has 1 saturated heterocycles. The molecule has 1 aliphatic rings. The van der Waals surface area contributed by atoms with Crippen molar-refractivity contribution in [1.29, 1.82) is 0 Å². The molecule has 0 amide bonds. The Kier molecular flexibility index (Phi) is 0.629. The Morgan fingerprint density at radius 3 is 2.14 bits per heavy atom. The van der Waals surface area contributed by atoms with Crippen LogP contribution in [0.25, 0.3) is 0 Å². The van der Waals surface area contributed by atoms with Gasteiger partial charge in [0.2, 0.25) is 0 Å². The lowest BCUT2D eigenvalue weighted by molar-refractivity contribution is 0.468. The number of nitrogens with zero attached hydrogens (tertiary/aromatic N) is 2. The second-order valence-electron chi connectivity index (χ2n) is 2.45. The maximum Gasteiger partial charge on any atom is 0.0748 e. The Bertz CT molecular complexity index is 99.9. The fourth-order valence-electron chi connectivity index (χ4n) is 0.471.